The molecule has 0 fully saturated rings. The molecule has 0 aromatic heterocycles. The third-order valence-corrected chi connectivity index (χ3v) is 3.80. The highest BCUT2D eigenvalue weighted by molar-refractivity contribution is 5.34. The van der Waals surface area contributed by atoms with E-state index in [-0.39, 0.29) is 0 Å². The van der Waals surface area contributed by atoms with Crippen molar-refractivity contribution < 1.29 is 0 Å². The number of rotatable bonds is 6. The molecule has 0 amide bonds. The zero-order valence-corrected chi connectivity index (χ0v) is 12.3. The summed E-state index contributed by atoms with van der Waals surface area (Å²) in [5.41, 5.74) is 4.82. The van der Waals surface area contributed by atoms with Crippen LogP contribution in [0.25, 0.3) is 0 Å². The van der Waals surface area contributed by atoms with Crippen LogP contribution in [0, 0.1) is 6.92 Å². The van der Waals surface area contributed by atoms with Crippen LogP contribution < -0.4 is 0 Å². The Morgan fingerprint density at radius 2 is 1.76 bits per heavy atom. The van der Waals surface area contributed by atoms with Crippen LogP contribution in [0.5, 0.6) is 0 Å². The van der Waals surface area contributed by atoms with Gasteiger partial charge in [0.05, 0.1) is 0 Å². The summed E-state index contributed by atoms with van der Waals surface area (Å²) >= 11 is 0. The molecule has 1 rings (SSSR count). The highest BCUT2D eigenvalue weighted by Crippen LogP contribution is 2.29. The Labute approximate surface area is 107 Å². The molecular formula is C17H28. The van der Waals surface area contributed by atoms with Gasteiger partial charge in [0, 0.05) is 0 Å². The summed E-state index contributed by atoms with van der Waals surface area (Å²) in [4.78, 5) is 0. The van der Waals surface area contributed by atoms with Crippen LogP contribution in [-0.4, -0.2) is 0 Å². The first-order chi connectivity index (χ1) is 8.01. The van der Waals surface area contributed by atoms with Crippen molar-refractivity contribution in [3.63, 3.8) is 0 Å². The van der Waals surface area contributed by atoms with Crippen molar-refractivity contribution in [1.82, 2.24) is 0 Å². The van der Waals surface area contributed by atoms with E-state index in [1.807, 2.05) is 0 Å². The number of unbranched alkanes of at least 4 members (excludes halogenated alkanes) is 1. The summed E-state index contributed by atoms with van der Waals surface area (Å²) < 4.78 is 0. The highest BCUT2D eigenvalue weighted by Gasteiger charge is 2.19. The van der Waals surface area contributed by atoms with Crippen molar-refractivity contribution in [2.24, 2.45) is 0 Å². The zero-order valence-electron chi connectivity index (χ0n) is 12.3. The second-order valence-corrected chi connectivity index (χ2v) is 5.88. The van der Waals surface area contributed by atoms with E-state index in [0.29, 0.717) is 5.41 Å². The van der Waals surface area contributed by atoms with Gasteiger partial charge in [0.2, 0.25) is 0 Å². The maximum Gasteiger partial charge on any atom is -0.0104 e. The van der Waals surface area contributed by atoms with E-state index in [9.17, 15) is 0 Å². The summed E-state index contributed by atoms with van der Waals surface area (Å²) in [7, 11) is 0. The molecule has 0 N–H and O–H groups in total. The van der Waals surface area contributed by atoms with E-state index in [4.69, 9.17) is 0 Å². The lowest BCUT2D eigenvalue weighted by Gasteiger charge is -2.25. The molecular weight excluding hydrogens is 204 g/mol. The maximum absolute atomic E-state index is 2.40. The van der Waals surface area contributed by atoms with Gasteiger partial charge in [-0.15, -0.1) is 0 Å². The van der Waals surface area contributed by atoms with Crippen molar-refractivity contribution in [3.05, 3.63) is 34.9 Å². The van der Waals surface area contributed by atoms with Gasteiger partial charge in [0.1, 0.15) is 0 Å². The normalized spacial score (nSPS) is 11.8. The van der Waals surface area contributed by atoms with Gasteiger partial charge in [-0.1, -0.05) is 58.7 Å². The summed E-state index contributed by atoms with van der Waals surface area (Å²) in [5.74, 6) is 0. The van der Waals surface area contributed by atoms with Crippen LogP contribution in [0.4, 0.5) is 0 Å². The fourth-order valence-corrected chi connectivity index (χ4v) is 2.53. The van der Waals surface area contributed by atoms with Crippen molar-refractivity contribution >= 4 is 0 Å². The molecule has 0 saturated heterocycles. The van der Waals surface area contributed by atoms with Gasteiger partial charge in [-0.2, -0.15) is 0 Å². The number of benzene rings is 1. The summed E-state index contributed by atoms with van der Waals surface area (Å²) in [6.45, 7) is 11.5. The van der Waals surface area contributed by atoms with Crippen LogP contribution in [0.15, 0.2) is 18.2 Å². The smallest absolute Gasteiger partial charge is 0.0104 e. The second kappa shape index (κ2) is 6.23. The average Bonchev–Trinajstić information content (AvgIpc) is 2.27. The topological polar surface area (TPSA) is 0 Å². The molecule has 1 aromatic carbocycles. The Kier molecular flexibility index (Phi) is 5.24. The van der Waals surface area contributed by atoms with E-state index in [1.54, 1.807) is 0 Å². The molecule has 0 unspecified atom stereocenters. The van der Waals surface area contributed by atoms with E-state index < -0.39 is 0 Å². The van der Waals surface area contributed by atoms with Crippen LogP contribution in [0.2, 0.25) is 0 Å². The average molecular weight is 232 g/mol. The monoisotopic (exact) mass is 232 g/mol. The SMILES string of the molecule is CCCCc1ccc(C(C)(C)CCC)cc1C. The molecule has 0 bridgehead atoms. The van der Waals surface area contributed by atoms with E-state index >= 15 is 0 Å². The first-order valence-electron chi connectivity index (χ1n) is 7.11. The largest absolute Gasteiger partial charge is 0.0654 e. The molecule has 0 aliphatic rings. The molecule has 96 valence electrons. The number of aryl methyl sites for hydroxylation is 2. The minimum atomic E-state index is 0.322. The molecule has 0 radical (unpaired) electrons. The van der Waals surface area contributed by atoms with E-state index in [2.05, 4.69) is 52.8 Å². The maximum atomic E-state index is 2.40. The minimum absolute atomic E-state index is 0.322. The highest BCUT2D eigenvalue weighted by atomic mass is 14.2. The van der Waals surface area contributed by atoms with E-state index in [1.165, 1.54) is 48.8 Å². The van der Waals surface area contributed by atoms with Crippen molar-refractivity contribution in [3.8, 4) is 0 Å². The molecule has 0 atom stereocenters. The Morgan fingerprint density at radius 1 is 1.06 bits per heavy atom. The first kappa shape index (κ1) is 14.3. The standard InChI is InChI=1S/C17H28/c1-6-8-9-15-10-11-16(13-14(15)3)17(4,5)12-7-2/h10-11,13H,6-9,12H2,1-5H3. The molecule has 0 heterocycles. The molecule has 0 nitrogen and oxygen atoms in total. The lowest BCUT2D eigenvalue weighted by atomic mass is 9.79. The third kappa shape index (κ3) is 3.87. The van der Waals surface area contributed by atoms with Crippen LogP contribution >= 0.6 is 0 Å². The fraction of sp³-hybridized carbons (Fsp3) is 0.647. The van der Waals surface area contributed by atoms with Crippen molar-refractivity contribution in [2.75, 3.05) is 0 Å². The van der Waals surface area contributed by atoms with Crippen LogP contribution in [-0.2, 0) is 11.8 Å². The Bertz CT molecular complexity index is 347. The van der Waals surface area contributed by atoms with E-state index in [0.717, 1.165) is 0 Å². The predicted molar refractivity (Wildman–Crippen MR) is 77.7 cm³/mol. The number of hydrogen-bond acceptors (Lipinski definition) is 0. The predicted octanol–water partition coefficient (Wildman–Crippen LogP) is 5.42. The zero-order chi connectivity index (χ0) is 12.9. The molecule has 17 heavy (non-hydrogen) atoms. The first-order valence-corrected chi connectivity index (χ1v) is 7.11. The lowest BCUT2D eigenvalue weighted by molar-refractivity contribution is 0.472. The molecule has 1 aromatic rings. The van der Waals surface area contributed by atoms with Crippen molar-refractivity contribution in [2.45, 2.75) is 72.1 Å². The molecule has 0 spiro atoms. The minimum Gasteiger partial charge on any atom is -0.0654 e. The Morgan fingerprint density at radius 3 is 2.29 bits per heavy atom. The quantitative estimate of drug-likeness (QED) is 0.614. The van der Waals surface area contributed by atoms with Gasteiger partial charge >= 0.3 is 0 Å². The van der Waals surface area contributed by atoms with Crippen LogP contribution in [0.1, 0.15) is 70.1 Å². The van der Waals surface area contributed by atoms with Crippen LogP contribution in [0.3, 0.4) is 0 Å². The molecule has 0 aliphatic heterocycles. The molecule has 0 aliphatic carbocycles. The summed E-state index contributed by atoms with van der Waals surface area (Å²) in [5, 5.41) is 0. The molecule has 0 heteroatoms. The second-order valence-electron chi connectivity index (χ2n) is 5.88. The molecule has 0 saturated carbocycles. The van der Waals surface area contributed by atoms with Gasteiger partial charge in [0.25, 0.3) is 0 Å². The van der Waals surface area contributed by atoms with Gasteiger partial charge in [-0.3, -0.25) is 0 Å². The summed E-state index contributed by atoms with van der Waals surface area (Å²) in [6.07, 6.45) is 6.34. The Hall–Kier alpha value is -0.780. The Balaban J connectivity index is 2.88. The number of hydrogen-bond donors (Lipinski definition) is 0. The van der Waals surface area contributed by atoms with Crippen molar-refractivity contribution in [1.29, 1.82) is 0 Å². The fourth-order valence-electron chi connectivity index (χ4n) is 2.53. The van der Waals surface area contributed by atoms with Gasteiger partial charge in [-0.05, 0) is 48.3 Å². The van der Waals surface area contributed by atoms with Gasteiger partial charge < -0.3 is 0 Å². The lowest BCUT2D eigenvalue weighted by Crippen LogP contribution is -2.16. The third-order valence-electron chi connectivity index (χ3n) is 3.80. The van der Waals surface area contributed by atoms with Gasteiger partial charge in [-0.25, -0.2) is 0 Å². The van der Waals surface area contributed by atoms with Gasteiger partial charge in [0.15, 0.2) is 0 Å². The summed E-state index contributed by atoms with van der Waals surface area (Å²) in [6, 6.07) is 7.09.